The van der Waals surface area contributed by atoms with Crippen molar-refractivity contribution < 1.29 is 18.3 Å². The molecule has 1 aromatic carbocycles. The summed E-state index contributed by atoms with van der Waals surface area (Å²) >= 11 is 5.80. The fourth-order valence-electron chi connectivity index (χ4n) is 1.89. The number of nitrogens with zero attached hydrogens (tertiary/aromatic N) is 2. The van der Waals surface area contributed by atoms with Crippen LogP contribution in [0.2, 0.25) is 5.02 Å². The number of benzene rings is 1. The van der Waals surface area contributed by atoms with Crippen LogP contribution in [-0.2, 0) is 14.8 Å². The average molecular weight is 331 g/mol. The van der Waals surface area contributed by atoms with E-state index in [2.05, 4.69) is 0 Å². The van der Waals surface area contributed by atoms with Crippen molar-refractivity contribution in [3.05, 3.63) is 28.8 Å². The first-order valence-electron chi connectivity index (χ1n) is 6.05. The van der Waals surface area contributed by atoms with Gasteiger partial charge < -0.3 is 5.11 Å². The minimum Gasteiger partial charge on any atom is -0.480 e. The summed E-state index contributed by atoms with van der Waals surface area (Å²) in [5, 5.41) is 18.4. The highest BCUT2D eigenvalue weighted by Crippen LogP contribution is 2.28. The van der Waals surface area contributed by atoms with Gasteiger partial charge in [0.15, 0.2) is 0 Å². The second-order valence-corrected chi connectivity index (χ2v) is 7.05. The van der Waals surface area contributed by atoms with E-state index < -0.39 is 21.5 Å². The Morgan fingerprint density at radius 2 is 2.05 bits per heavy atom. The zero-order valence-corrected chi connectivity index (χ0v) is 13.4. The number of carboxylic acids is 1. The van der Waals surface area contributed by atoms with Gasteiger partial charge in [-0.2, -0.15) is 9.57 Å². The number of hydrogen-bond acceptors (Lipinski definition) is 4. The summed E-state index contributed by atoms with van der Waals surface area (Å²) in [5.41, 5.74) is -1.73. The van der Waals surface area contributed by atoms with E-state index in [-0.39, 0.29) is 22.0 Å². The van der Waals surface area contributed by atoms with E-state index in [0.717, 1.165) is 10.4 Å². The van der Waals surface area contributed by atoms with Crippen LogP contribution in [-0.4, -0.2) is 35.9 Å². The van der Waals surface area contributed by atoms with E-state index in [1.54, 1.807) is 6.07 Å². The molecule has 0 saturated carbocycles. The lowest BCUT2D eigenvalue weighted by molar-refractivity contribution is -0.146. The van der Waals surface area contributed by atoms with Gasteiger partial charge in [-0.1, -0.05) is 18.5 Å². The van der Waals surface area contributed by atoms with Crippen LogP contribution in [0.15, 0.2) is 23.1 Å². The van der Waals surface area contributed by atoms with Crippen molar-refractivity contribution in [3.63, 3.8) is 0 Å². The van der Waals surface area contributed by atoms with Gasteiger partial charge in [-0.25, -0.2) is 8.42 Å². The third-order valence-electron chi connectivity index (χ3n) is 3.07. The molecule has 0 unspecified atom stereocenters. The summed E-state index contributed by atoms with van der Waals surface area (Å²) in [6.07, 6.45) is 0. The highest BCUT2D eigenvalue weighted by molar-refractivity contribution is 7.89. The van der Waals surface area contributed by atoms with Crippen molar-refractivity contribution in [3.8, 4) is 6.07 Å². The minimum absolute atomic E-state index is 0.0565. The molecule has 0 aromatic heterocycles. The maximum atomic E-state index is 12.7. The molecule has 0 bridgehead atoms. The fraction of sp³-hybridized carbons (Fsp3) is 0.385. The topological polar surface area (TPSA) is 98.5 Å². The second kappa shape index (κ2) is 6.02. The van der Waals surface area contributed by atoms with Crippen LogP contribution in [0, 0.1) is 11.3 Å². The standard InChI is InChI=1S/C13H15ClN2O4S/c1-4-16(13(2,3)12(17)18)21(19,20)11-7-10(14)6-5-9(11)8-15/h5-7H,4H2,1-3H3,(H,17,18). The van der Waals surface area contributed by atoms with Crippen LogP contribution in [0.1, 0.15) is 26.3 Å². The molecule has 0 fully saturated rings. The van der Waals surface area contributed by atoms with E-state index in [1.807, 2.05) is 0 Å². The number of hydrogen-bond donors (Lipinski definition) is 1. The molecule has 8 heteroatoms. The molecule has 0 spiro atoms. The zero-order chi connectivity index (χ0) is 16.4. The summed E-state index contributed by atoms with van der Waals surface area (Å²) in [6.45, 7) is 4.04. The molecule has 0 atom stereocenters. The summed E-state index contributed by atoms with van der Waals surface area (Å²) in [6, 6.07) is 5.61. The van der Waals surface area contributed by atoms with Crippen LogP contribution in [0.4, 0.5) is 0 Å². The molecule has 0 saturated heterocycles. The number of carbonyl (C=O) groups is 1. The minimum atomic E-state index is -4.17. The van der Waals surface area contributed by atoms with E-state index in [9.17, 15) is 18.3 Å². The number of rotatable bonds is 5. The Morgan fingerprint density at radius 1 is 1.48 bits per heavy atom. The Kier molecular flexibility index (Phi) is 4.99. The number of likely N-dealkylation sites (N-methyl/N-ethyl adjacent to an activating group) is 1. The van der Waals surface area contributed by atoms with E-state index in [4.69, 9.17) is 16.9 Å². The maximum absolute atomic E-state index is 12.7. The number of carboxylic acid groups (broad SMARTS) is 1. The van der Waals surface area contributed by atoms with Gasteiger partial charge in [0.1, 0.15) is 16.5 Å². The molecule has 1 aromatic rings. The number of aliphatic carboxylic acids is 1. The van der Waals surface area contributed by atoms with Gasteiger partial charge >= 0.3 is 5.97 Å². The van der Waals surface area contributed by atoms with E-state index in [0.29, 0.717) is 0 Å². The molecule has 0 aliphatic rings. The van der Waals surface area contributed by atoms with Crippen molar-refractivity contribution in [2.75, 3.05) is 6.54 Å². The van der Waals surface area contributed by atoms with Crippen molar-refractivity contribution in [2.45, 2.75) is 31.2 Å². The van der Waals surface area contributed by atoms with Crippen molar-refractivity contribution in [2.24, 2.45) is 0 Å². The second-order valence-electron chi connectivity index (χ2n) is 4.79. The van der Waals surface area contributed by atoms with Gasteiger partial charge in [-0.15, -0.1) is 0 Å². The molecule has 0 amide bonds. The van der Waals surface area contributed by atoms with Gasteiger partial charge in [0.25, 0.3) is 0 Å². The monoisotopic (exact) mass is 330 g/mol. The van der Waals surface area contributed by atoms with Crippen molar-refractivity contribution in [1.82, 2.24) is 4.31 Å². The first-order valence-corrected chi connectivity index (χ1v) is 7.86. The predicted molar refractivity (Wildman–Crippen MR) is 77.4 cm³/mol. The Morgan fingerprint density at radius 3 is 2.48 bits per heavy atom. The number of nitriles is 1. The highest BCUT2D eigenvalue weighted by atomic mass is 35.5. The summed E-state index contributed by atoms with van der Waals surface area (Å²) in [4.78, 5) is 11.0. The lowest BCUT2D eigenvalue weighted by Gasteiger charge is -2.33. The summed E-state index contributed by atoms with van der Waals surface area (Å²) in [7, 11) is -4.17. The molecule has 1 N–H and O–H groups in total. The third kappa shape index (κ3) is 3.18. The van der Waals surface area contributed by atoms with E-state index in [1.165, 1.54) is 32.9 Å². The Bertz CT molecular complexity index is 707. The first kappa shape index (κ1) is 17.4. The fourth-order valence-corrected chi connectivity index (χ4v) is 4.05. The molecule has 6 nitrogen and oxygen atoms in total. The van der Waals surface area contributed by atoms with Gasteiger partial charge in [-0.05, 0) is 32.0 Å². The van der Waals surface area contributed by atoms with Crippen LogP contribution in [0.3, 0.4) is 0 Å². The average Bonchev–Trinajstić information content (AvgIpc) is 2.38. The molecule has 21 heavy (non-hydrogen) atoms. The van der Waals surface area contributed by atoms with Gasteiger partial charge in [-0.3, -0.25) is 4.79 Å². The Hall–Kier alpha value is -1.62. The van der Waals surface area contributed by atoms with Gasteiger partial charge in [0, 0.05) is 11.6 Å². The van der Waals surface area contributed by atoms with Crippen molar-refractivity contribution in [1.29, 1.82) is 5.26 Å². The molecule has 0 heterocycles. The molecule has 1 rings (SSSR count). The largest absolute Gasteiger partial charge is 0.480 e. The van der Waals surface area contributed by atoms with Crippen molar-refractivity contribution >= 4 is 27.6 Å². The highest BCUT2D eigenvalue weighted by Gasteiger charge is 2.42. The van der Waals surface area contributed by atoms with Crippen LogP contribution in [0.25, 0.3) is 0 Å². The molecular weight excluding hydrogens is 316 g/mol. The summed E-state index contributed by atoms with van der Waals surface area (Å²) < 4.78 is 26.2. The predicted octanol–water partition coefficient (Wildman–Crippen LogP) is 2.09. The zero-order valence-electron chi connectivity index (χ0n) is 11.8. The SMILES string of the molecule is CCN(C(C)(C)C(=O)O)S(=O)(=O)c1cc(Cl)ccc1C#N. The first-order chi connectivity index (χ1) is 9.58. The molecule has 0 aliphatic carbocycles. The summed E-state index contributed by atoms with van der Waals surface area (Å²) in [5.74, 6) is -1.28. The van der Waals surface area contributed by atoms with Gasteiger partial charge in [0.05, 0.1) is 5.56 Å². The van der Waals surface area contributed by atoms with Crippen LogP contribution in [0.5, 0.6) is 0 Å². The van der Waals surface area contributed by atoms with Crippen LogP contribution < -0.4 is 0 Å². The molecule has 114 valence electrons. The molecule has 0 aliphatic heterocycles. The number of sulfonamides is 1. The Labute approximate surface area is 128 Å². The number of halogens is 1. The quantitative estimate of drug-likeness (QED) is 0.891. The molecular formula is C13H15ClN2O4S. The normalized spacial score (nSPS) is 12.2. The molecule has 0 radical (unpaired) electrons. The lowest BCUT2D eigenvalue weighted by Crippen LogP contribution is -2.52. The lowest BCUT2D eigenvalue weighted by atomic mass is 10.1. The van der Waals surface area contributed by atoms with Gasteiger partial charge in [0.2, 0.25) is 10.0 Å². The third-order valence-corrected chi connectivity index (χ3v) is 5.49. The van der Waals surface area contributed by atoms with Crippen LogP contribution >= 0.6 is 11.6 Å². The maximum Gasteiger partial charge on any atom is 0.324 e. The smallest absolute Gasteiger partial charge is 0.324 e. The Balaban J connectivity index is 3.57. The van der Waals surface area contributed by atoms with E-state index >= 15 is 0 Å².